The van der Waals surface area contributed by atoms with Gasteiger partial charge in [-0.05, 0) is 57.0 Å². The minimum Gasteiger partial charge on any atom is -0.318 e. The van der Waals surface area contributed by atoms with Crippen LogP contribution in [-0.2, 0) is 4.79 Å². The number of nitrogens with zero attached hydrogens (tertiary/aromatic N) is 2. The maximum Gasteiger partial charge on any atom is 0.273 e. The molecule has 1 amide bonds. The molecule has 1 saturated carbocycles. The highest BCUT2D eigenvalue weighted by atomic mass is 19.1. The van der Waals surface area contributed by atoms with Crippen molar-refractivity contribution in [2.24, 2.45) is 5.10 Å². The van der Waals surface area contributed by atoms with Gasteiger partial charge in [0, 0.05) is 35.6 Å². The summed E-state index contributed by atoms with van der Waals surface area (Å²) in [4.78, 5) is 23.9. The van der Waals surface area contributed by atoms with Gasteiger partial charge in [-0.15, -0.1) is 0 Å². The van der Waals surface area contributed by atoms with Crippen LogP contribution in [0.15, 0.2) is 35.4 Å². The summed E-state index contributed by atoms with van der Waals surface area (Å²) in [5.41, 5.74) is 6.19. The molecule has 25 heavy (non-hydrogen) atoms. The zero-order chi connectivity index (χ0) is 18.0. The molecule has 1 fully saturated rings. The number of amides is 1. The molecular weight excluding hydrogens is 321 g/mol. The predicted octanol–water partition coefficient (Wildman–Crippen LogP) is 3.46. The molecule has 1 aliphatic carbocycles. The highest BCUT2D eigenvalue weighted by Gasteiger charge is 2.18. The number of aromatic nitrogens is 1. The van der Waals surface area contributed by atoms with Gasteiger partial charge in [-0.1, -0.05) is 0 Å². The number of carbonyl (C=O) groups excluding carboxylic acids is 2. The molecule has 0 saturated heterocycles. The average Bonchev–Trinajstić information content (AvgIpc) is 2.88. The summed E-state index contributed by atoms with van der Waals surface area (Å²) in [7, 11) is 0. The van der Waals surface area contributed by atoms with E-state index in [9.17, 15) is 14.0 Å². The van der Waals surface area contributed by atoms with Crippen LogP contribution in [-0.4, -0.2) is 22.0 Å². The fraction of sp³-hybridized carbons (Fsp3) is 0.316. The standard InChI is InChI=1S/C19H20FN3O2/c1-12-10-18(13(2)23(12)16-8-6-14(20)7-9-16)19(25)22-21-15-4-3-5-17(24)11-15/h6-10H,3-5,11H2,1-2H3,(H,22,25). The van der Waals surface area contributed by atoms with Crippen LogP contribution < -0.4 is 5.43 Å². The van der Waals surface area contributed by atoms with Crippen molar-refractivity contribution >= 4 is 17.4 Å². The summed E-state index contributed by atoms with van der Waals surface area (Å²) in [5.74, 6) is -0.456. The van der Waals surface area contributed by atoms with Gasteiger partial charge in [0.05, 0.1) is 5.56 Å². The van der Waals surface area contributed by atoms with E-state index in [1.165, 1.54) is 12.1 Å². The first-order valence-electron chi connectivity index (χ1n) is 8.28. The van der Waals surface area contributed by atoms with Gasteiger partial charge < -0.3 is 4.57 Å². The molecule has 0 atom stereocenters. The highest BCUT2D eigenvalue weighted by molar-refractivity contribution is 6.04. The lowest BCUT2D eigenvalue weighted by molar-refractivity contribution is -0.118. The molecule has 2 aromatic rings. The molecule has 1 aromatic heterocycles. The number of carbonyl (C=O) groups is 2. The van der Waals surface area contributed by atoms with E-state index >= 15 is 0 Å². The monoisotopic (exact) mass is 341 g/mol. The Morgan fingerprint density at radius 1 is 1.20 bits per heavy atom. The molecule has 5 nitrogen and oxygen atoms in total. The molecule has 0 unspecified atom stereocenters. The maximum atomic E-state index is 13.1. The lowest BCUT2D eigenvalue weighted by Crippen LogP contribution is -2.23. The first kappa shape index (κ1) is 17.1. The number of hydrogen-bond acceptors (Lipinski definition) is 3. The fourth-order valence-electron chi connectivity index (χ4n) is 3.16. The van der Waals surface area contributed by atoms with Crippen LogP contribution in [0.1, 0.15) is 47.4 Å². The van der Waals surface area contributed by atoms with Gasteiger partial charge in [-0.2, -0.15) is 5.10 Å². The van der Waals surface area contributed by atoms with Gasteiger partial charge in [0.2, 0.25) is 0 Å². The van der Waals surface area contributed by atoms with E-state index in [2.05, 4.69) is 10.5 Å². The molecule has 6 heteroatoms. The van der Waals surface area contributed by atoms with Crippen molar-refractivity contribution in [3.8, 4) is 5.69 Å². The first-order valence-corrected chi connectivity index (χ1v) is 8.28. The van der Waals surface area contributed by atoms with E-state index in [-0.39, 0.29) is 17.5 Å². The third kappa shape index (κ3) is 3.68. The summed E-state index contributed by atoms with van der Waals surface area (Å²) in [6.07, 6.45) is 2.42. The van der Waals surface area contributed by atoms with Crippen molar-refractivity contribution in [2.75, 3.05) is 0 Å². The Morgan fingerprint density at radius 2 is 1.92 bits per heavy atom. The number of aryl methyl sites for hydroxylation is 1. The summed E-state index contributed by atoms with van der Waals surface area (Å²) in [6.45, 7) is 3.72. The van der Waals surface area contributed by atoms with Crippen LogP contribution in [0, 0.1) is 19.7 Å². The zero-order valence-corrected chi connectivity index (χ0v) is 14.3. The molecule has 1 heterocycles. The smallest absolute Gasteiger partial charge is 0.273 e. The van der Waals surface area contributed by atoms with Crippen molar-refractivity contribution in [3.05, 3.63) is 53.1 Å². The first-order chi connectivity index (χ1) is 12.0. The van der Waals surface area contributed by atoms with Crippen LogP contribution in [0.4, 0.5) is 4.39 Å². The number of hydrazone groups is 1. The Labute approximate surface area is 145 Å². The summed E-state index contributed by atoms with van der Waals surface area (Å²) in [6, 6.07) is 7.90. The maximum absolute atomic E-state index is 13.1. The van der Waals surface area contributed by atoms with Gasteiger partial charge >= 0.3 is 0 Å². The van der Waals surface area contributed by atoms with Crippen LogP contribution in [0.5, 0.6) is 0 Å². The van der Waals surface area contributed by atoms with E-state index < -0.39 is 0 Å². The van der Waals surface area contributed by atoms with Crippen LogP contribution >= 0.6 is 0 Å². The normalized spacial score (nSPS) is 16.3. The van der Waals surface area contributed by atoms with E-state index in [0.29, 0.717) is 18.4 Å². The Kier molecular flexibility index (Phi) is 4.79. The number of halogens is 1. The second-order valence-electron chi connectivity index (χ2n) is 6.28. The SMILES string of the molecule is Cc1cc(C(=O)NN=C2CCCC(=O)C2)c(C)n1-c1ccc(F)cc1. The van der Waals surface area contributed by atoms with Crippen molar-refractivity contribution in [2.45, 2.75) is 39.5 Å². The number of benzene rings is 1. The molecule has 1 aromatic carbocycles. The van der Waals surface area contributed by atoms with E-state index in [0.717, 1.165) is 35.6 Å². The van der Waals surface area contributed by atoms with Gasteiger partial charge in [0.15, 0.2) is 0 Å². The van der Waals surface area contributed by atoms with Crippen molar-refractivity contribution in [1.29, 1.82) is 0 Å². The largest absolute Gasteiger partial charge is 0.318 e. The molecule has 0 radical (unpaired) electrons. The highest BCUT2D eigenvalue weighted by Crippen LogP contribution is 2.21. The minimum absolute atomic E-state index is 0.161. The molecule has 0 spiro atoms. The number of Topliss-reactive ketones (excluding diaryl/α,β-unsaturated/α-hetero) is 1. The van der Waals surface area contributed by atoms with E-state index in [1.807, 2.05) is 18.4 Å². The topological polar surface area (TPSA) is 63.5 Å². The number of hydrogen-bond donors (Lipinski definition) is 1. The van der Waals surface area contributed by atoms with Crippen molar-refractivity contribution in [3.63, 3.8) is 0 Å². The Morgan fingerprint density at radius 3 is 2.60 bits per heavy atom. The van der Waals surface area contributed by atoms with Crippen LogP contribution in [0.3, 0.4) is 0 Å². The Bertz CT molecular complexity index is 850. The van der Waals surface area contributed by atoms with Crippen molar-refractivity contribution in [1.82, 2.24) is 9.99 Å². The number of rotatable bonds is 3. The second-order valence-corrected chi connectivity index (χ2v) is 6.28. The molecule has 130 valence electrons. The minimum atomic E-state index is -0.313. The summed E-state index contributed by atoms with van der Waals surface area (Å²) < 4.78 is 15.0. The predicted molar refractivity (Wildman–Crippen MR) is 93.6 cm³/mol. The van der Waals surface area contributed by atoms with E-state index in [4.69, 9.17) is 0 Å². The van der Waals surface area contributed by atoms with Gasteiger partial charge in [0.25, 0.3) is 5.91 Å². The van der Waals surface area contributed by atoms with E-state index in [1.54, 1.807) is 18.2 Å². The second kappa shape index (κ2) is 7.01. The Hall–Kier alpha value is -2.76. The zero-order valence-electron chi connectivity index (χ0n) is 14.3. The van der Waals surface area contributed by atoms with Gasteiger partial charge in [0.1, 0.15) is 11.6 Å². The fourth-order valence-corrected chi connectivity index (χ4v) is 3.16. The molecule has 1 aliphatic rings. The molecule has 1 N–H and O–H groups in total. The molecule has 0 aliphatic heterocycles. The van der Waals surface area contributed by atoms with Crippen molar-refractivity contribution < 1.29 is 14.0 Å². The van der Waals surface area contributed by atoms with Gasteiger partial charge in [-0.25, -0.2) is 9.82 Å². The van der Waals surface area contributed by atoms with Gasteiger partial charge in [-0.3, -0.25) is 9.59 Å². The lowest BCUT2D eigenvalue weighted by Gasteiger charge is -2.12. The molecule has 3 rings (SSSR count). The number of ketones is 1. The molecular formula is C19H20FN3O2. The third-order valence-electron chi connectivity index (χ3n) is 4.40. The average molecular weight is 341 g/mol. The number of nitrogens with one attached hydrogen (secondary N) is 1. The lowest BCUT2D eigenvalue weighted by atomic mass is 9.97. The quantitative estimate of drug-likeness (QED) is 0.869. The van der Waals surface area contributed by atoms with Crippen LogP contribution in [0.2, 0.25) is 0 Å². The Balaban J connectivity index is 1.82. The van der Waals surface area contributed by atoms with Crippen LogP contribution in [0.25, 0.3) is 5.69 Å². The third-order valence-corrected chi connectivity index (χ3v) is 4.40. The summed E-state index contributed by atoms with van der Waals surface area (Å²) >= 11 is 0. The molecule has 0 bridgehead atoms. The summed E-state index contributed by atoms with van der Waals surface area (Å²) in [5, 5.41) is 4.11.